The summed E-state index contributed by atoms with van der Waals surface area (Å²) in [6.45, 7) is 1.90. The normalized spacial score (nSPS) is 10.3. The molecule has 0 saturated heterocycles. The van der Waals surface area contributed by atoms with Gasteiger partial charge in [0.05, 0.1) is 12.7 Å². The lowest BCUT2D eigenvalue weighted by atomic mass is 10.0. The van der Waals surface area contributed by atoms with Crippen molar-refractivity contribution in [1.82, 2.24) is 0 Å². The number of carbonyl (C=O) groups is 1. The summed E-state index contributed by atoms with van der Waals surface area (Å²) in [5.41, 5.74) is 2.33. The lowest BCUT2D eigenvalue weighted by Crippen LogP contribution is -2.04. The van der Waals surface area contributed by atoms with Crippen LogP contribution in [0.4, 0.5) is 4.39 Å². The molecule has 2 rings (SSSR count). The lowest BCUT2D eigenvalue weighted by Gasteiger charge is -2.07. The summed E-state index contributed by atoms with van der Waals surface area (Å²) in [5.74, 6) is -1.30. The van der Waals surface area contributed by atoms with Crippen LogP contribution in [0, 0.1) is 12.7 Å². The monoisotopic (exact) mass is 278 g/mol. The quantitative estimate of drug-likeness (QED) is 0.768. The van der Waals surface area contributed by atoms with Crippen LogP contribution in [-0.2, 0) is 4.74 Å². The van der Waals surface area contributed by atoms with Gasteiger partial charge in [-0.1, -0.05) is 29.8 Å². The van der Waals surface area contributed by atoms with Gasteiger partial charge in [-0.15, -0.1) is 0 Å². The number of ether oxygens (including phenoxy) is 1. The lowest BCUT2D eigenvalue weighted by molar-refractivity contribution is 0.0595. The number of esters is 1. The van der Waals surface area contributed by atoms with Crippen LogP contribution in [0.2, 0.25) is 5.02 Å². The standard InChI is InChI=1S/C15H12ClFO2/c1-9-3-4-10(7-13(9)16)11-5-6-12(14(17)8-11)15(18)19-2/h3-8H,1-2H3. The largest absolute Gasteiger partial charge is 0.465 e. The third kappa shape index (κ3) is 2.76. The van der Waals surface area contributed by atoms with Gasteiger partial charge in [-0.25, -0.2) is 9.18 Å². The van der Waals surface area contributed by atoms with Crippen LogP contribution in [0.15, 0.2) is 36.4 Å². The second kappa shape index (κ2) is 5.41. The van der Waals surface area contributed by atoms with Crippen LogP contribution in [-0.4, -0.2) is 13.1 Å². The highest BCUT2D eigenvalue weighted by atomic mass is 35.5. The van der Waals surface area contributed by atoms with Gasteiger partial charge < -0.3 is 4.74 Å². The molecule has 0 spiro atoms. The Bertz CT molecular complexity index is 638. The number of methoxy groups -OCH3 is 1. The molecule has 0 bridgehead atoms. The van der Waals surface area contributed by atoms with Crippen molar-refractivity contribution >= 4 is 17.6 Å². The fraction of sp³-hybridized carbons (Fsp3) is 0.133. The molecule has 98 valence electrons. The summed E-state index contributed by atoms with van der Waals surface area (Å²) in [5, 5.41) is 0.620. The van der Waals surface area contributed by atoms with E-state index in [1.165, 1.54) is 19.2 Å². The van der Waals surface area contributed by atoms with Gasteiger partial charge in [0, 0.05) is 5.02 Å². The van der Waals surface area contributed by atoms with Gasteiger partial charge in [0.1, 0.15) is 5.82 Å². The molecule has 2 aromatic carbocycles. The van der Waals surface area contributed by atoms with E-state index in [4.69, 9.17) is 11.6 Å². The van der Waals surface area contributed by atoms with Crippen molar-refractivity contribution in [3.8, 4) is 11.1 Å². The van der Waals surface area contributed by atoms with E-state index in [9.17, 15) is 9.18 Å². The smallest absolute Gasteiger partial charge is 0.340 e. The van der Waals surface area contributed by atoms with Crippen molar-refractivity contribution in [1.29, 1.82) is 0 Å². The molecule has 0 amide bonds. The molecule has 0 aromatic heterocycles. The van der Waals surface area contributed by atoms with E-state index in [2.05, 4.69) is 4.74 Å². The van der Waals surface area contributed by atoms with Gasteiger partial charge in [0.2, 0.25) is 0 Å². The van der Waals surface area contributed by atoms with Crippen molar-refractivity contribution in [2.75, 3.05) is 7.11 Å². The molecule has 0 aliphatic heterocycles. The predicted molar refractivity (Wildman–Crippen MR) is 72.9 cm³/mol. The van der Waals surface area contributed by atoms with Crippen LogP contribution in [0.5, 0.6) is 0 Å². The number of hydrogen-bond acceptors (Lipinski definition) is 2. The van der Waals surface area contributed by atoms with Crippen LogP contribution in [0.25, 0.3) is 11.1 Å². The maximum atomic E-state index is 13.8. The highest BCUT2D eigenvalue weighted by Crippen LogP contribution is 2.26. The molecule has 2 aromatic rings. The fourth-order valence-corrected chi connectivity index (χ4v) is 1.92. The van der Waals surface area contributed by atoms with Crippen molar-refractivity contribution in [3.05, 3.63) is 58.4 Å². The second-order valence-electron chi connectivity index (χ2n) is 4.15. The minimum absolute atomic E-state index is 0.0792. The second-order valence-corrected chi connectivity index (χ2v) is 4.56. The first-order valence-corrected chi connectivity index (χ1v) is 6.05. The predicted octanol–water partition coefficient (Wildman–Crippen LogP) is 4.24. The number of carbonyl (C=O) groups excluding carboxylic acids is 1. The third-order valence-electron chi connectivity index (χ3n) is 2.88. The van der Waals surface area contributed by atoms with Crippen LogP contribution in [0.1, 0.15) is 15.9 Å². The Kier molecular flexibility index (Phi) is 3.86. The van der Waals surface area contributed by atoms with E-state index >= 15 is 0 Å². The SMILES string of the molecule is COC(=O)c1ccc(-c2ccc(C)c(Cl)c2)cc1F. The minimum Gasteiger partial charge on any atom is -0.465 e. The first kappa shape index (κ1) is 13.6. The molecular weight excluding hydrogens is 267 g/mol. The average Bonchev–Trinajstić information content (AvgIpc) is 2.41. The number of hydrogen-bond donors (Lipinski definition) is 0. The Morgan fingerprint density at radius 1 is 1.16 bits per heavy atom. The zero-order valence-corrected chi connectivity index (χ0v) is 11.3. The van der Waals surface area contributed by atoms with Crippen LogP contribution in [0.3, 0.4) is 0 Å². The molecule has 4 heteroatoms. The van der Waals surface area contributed by atoms with Gasteiger partial charge in [-0.3, -0.25) is 0 Å². The van der Waals surface area contributed by atoms with Gasteiger partial charge in [0.25, 0.3) is 0 Å². The molecule has 0 saturated carbocycles. The van der Waals surface area contributed by atoms with Crippen LogP contribution < -0.4 is 0 Å². The Labute approximate surface area is 115 Å². The van der Waals surface area contributed by atoms with E-state index in [-0.39, 0.29) is 5.56 Å². The summed E-state index contributed by atoms with van der Waals surface area (Å²) in [4.78, 5) is 11.3. The number of halogens is 2. The molecule has 0 fully saturated rings. The molecule has 0 N–H and O–H groups in total. The van der Waals surface area contributed by atoms with Gasteiger partial charge in [-0.2, -0.15) is 0 Å². The van der Waals surface area contributed by atoms with E-state index in [0.717, 1.165) is 11.1 Å². The minimum atomic E-state index is -0.689. The number of aryl methyl sites for hydroxylation is 1. The molecule has 0 atom stereocenters. The van der Waals surface area contributed by atoms with E-state index in [0.29, 0.717) is 10.6 Å². The van der Waals surface area contributed by atoms with Crippen LogP contribution >= 0.6 is 11.6 Å². The Morgan fingerprint density at radius 2 is 1.79 bits per heavy atom. The van der Waals surface area contributed by atoms with E-state index in [1.54, 1.807) is 12.1 Å². The summed E-state index contributed by atoms with van der Waals surface area (Å²) >= 11 is 6.04. The Morgan fingerprint density at radius 3 is 2.37 bits per heavy atom. The third-order valence-corrected chi connectivity index (χ3v) is 3.29. The van der Waals surface area contributed by atoms with Crippen molar-refractivity contribution in [2.45, 2.75) is 6.92 Å². The summed E-state index contributed by atoms with van der Waals surface area (Å²) < 4.78 is 18.3. The van der Waals surface area contributed by atoms with E-state index in [1.807, 2.05) is 19.1 Å². The molecule has 19 heavy (non-hydrogen) atoms. The first-order chi connectivity index (χ1) is 9.02. The fourth-order valence-electron chi connectivity index (χ4n) is 1.74. The topological polar surface area (TPSA) is 26.3 Å². The highest BCUT2D eigenvalue weighted by molar-refractivity contribution is 6.31. The average molecular weight is 279 g/mol. The molecule has 2 nitrogen and oxygen atoms in total. The Balaban J connectivity index is 2.44. The molecular formula is C15H12ClFO2. The van der Waals surface area contributed by atoms with Crippen molar-refractivity contribution in [3.63, 3.8) is 0 Å². The Hall–Kier alpha value is -1.87. The van der Waals surface area contributed by atoms with Gasteiger partial charge >= 0.3 is 5.97 Å². The van der Waals surface area contributed by atoms with Crippen molar-refractivity contribution in [2.24, 2.45) is 0 Å². The molecule has 0 heterocycles. The molecule has 0 unspecified atom stereocenters. The first-order valence-electron chi connectivity index (χ1n) is 5.67. The molecule has 0 aliphatic carbocycles. The summed E-state index contributed by atoms with van der Waals surface area (Å²) in [6, 6.07) is 9.86. The maximum Gasteiger partial charge on any atom is 0.340 e. The molecule has 0 radical (unpaired) electrons. The highest BCUT2D eigenvalue weighted by Gasteiger charge is 2.13. The number of rotatable bonds is 2. The van der Waals surface area contributed by atoms with Crippen molar-refractivity contribution < 1.29 is 13.9 Å². The zero-order chi connectivity index (χ0) is 14.0. The van der Waals surface area contributed by atoms with Gasteiger partial charge in [0.15, 0.2) is 0 Å². The zero-order valence-electron chi connectivity index (χ0n) is 10.5. The van der Waals surface area contributed by atoms with Gasteiger partial charge in [-0.05, 0) is 41.8 Å². The maximum absolute atomic E-state index is 13.8. The van der Waals surface area contributed by atoms with E-state index < -0.39 is 11.8 Å². The summed E-state index contributed by atoms with van der Waals surface area (Å²) in [7, 11) is 1.22. The summed E-state index contributed by atoms with van der Waals surface area (Å²) in [6.07, 6.45) is 0. The number of benzene rings is 2. The molecule has 0 aliphatic rings.